The number of nitrogens with zero attached hydrogens (tertiary/aromatic N) is 4. The highest BCUT2D eigenvalue weighted by Gasteiger charge is 2.54. The summed E-state index contributed by atoms with van der Waals surface area (Å²) < 4.78 is 0. The maximum atomic E-state index is 12.5. The number of nitrogen functional groups attached to an aromatic ring is 1. The van der Waals surface area contributed by atoms with Crippen molar-refractivity contribution in [2.24, 2.45) is 22.7 Å². The van der Waals surface area contributed by atoms with Gasteiger partial charge in [-0.15, -0.1) is 0 Å². The van der Waals surface area contributed by atoms with Gasteiger partial charge in [-0.3, -0.25) is 4.79 Å². The van der Waals surface area contributed by atoms with Crippen LogP contribution in [0.15, 0.2) is 29.6 Å². The van der Waals surface area contributed by atoms with Gasteiger partial charge in [-0.1, -0.05) is 38.0 Å². The largest absolute Gasteiger partial charge is 0.382 e. The van der Waals surface area contributed by atoms with Crippen LogP contribution < -0.4 is 15.5 Å². The van der Waals surface area contributed by atoms with Gasteiger partial charge in [0.1, 0.15) is 12.0 Å². The molecule has 2 aliphatic carbocycles. The Morgan fingerprint density at radius 1 is 1.34 bits per heavy atom. The van der Waals surface area contributed by atoms with Crippen molar-refractivity contribution in [3.05, 3.63) is 29.6 Å². The minimum absolute atomic E-state index is 0.161. The fourth-order valence-electron chi connectivity index (χ4n) is 6.45. The fourth-order valence-corrected chi connectivity index (χ4v) is 6.45. The molecule has 4 atom stereocenters. The molecule has 0 spiro atoms. The van der Waals surface area contributed by atoms with E-state index >= 15 is 0 Å². The summed E-state index contributed by atoms with van der Waals surface area (Å²) in [6.45, 7) is 13.2. The predicted octanol–water partition coefficient (Wildman–Crippen LogP) is 4.98. The summed E-state index contributed by atoms with van der Waals surface area (Å²) >= 11 is 0. The maximum absolute atomic E-state index is 12.5. The van der Waals surface area contributed by atoms with Crippen LogP contribution in [-0.2, 0) is 4.79 Å². The molecule has 1 fully saturated rings. The molecule has 0 aromatic carbocycles. The number of hydrogen-bond donors (Lipinski definition) is 1. The van der Waals surface area contributed by atoms with Gasteiger partial charge in [-0.2, -0.15) is 0 Å². The van der Waals surface area contributed by atoms with Crippen molar-refractivity contribution in [2.45, 2.75) is 66.7 Å². The van der Waals surface area contributed by atoms with Gasteiger partial charge >= 0.3 is 0 Å². The Morgan fingerprint density at radius 2 is 2.09 bits per heavy atom. The number of anilines is 3. The molecular formula is C26H39N5O. The van der Waals surface area contributed by atoms with Crippen molar-refractivity contribution in [2.75, 3.05) is 35.8 Å². The van der Waals surface area contributed by atoms with E-state index in [4.69, 9.17) is 5.73 Å². The van der Waals surface area contributed by atoms with Gasteiger partial charge in [0, 0.05) is 20.0 Å². The number of carbonyl (C=O) groups is 1. The molecule has 0 saturated heterocycles. The Morgan fingerprint density at radius 3 is 2.84 bits per heavy atom. The number of rotatable bonds is 5. The normalized spacial score (nSPS) is 32.6. The third-order valence-corrected chi connectivity index (χ3v) is 9.08. The summed E-state index contributed by atoms with van der Waals surface area (Å²) in [5.41, 5.74) is 10.1. The van der Waals surface area contributed by atoms with Gasteiger partial charge in [0.15, 0.2) is 17.4 Å². The van der Waals surface area contributed by atoms with Crippen LogP contribution >= 0.6 is 0 Å². The van der Waals surface area contributed by atoms with Crippen molar-refractivity contribution in [1.82, 2.24) is 9.97 Å². The van der Waals surface area contributed by atoms with E-state index in [0.717, 1.165) is 37.6 Å². The minimum Gasteiger partial charge on any atom is -0.382 e. The highest BCUT2D eigenvalue weighted by atomic mass is 16.1. The molecule has 1 aromatic heterocycles. The number of ketones is 1. The number of aromatic nitrogens is 2. The third-order valence-electron chi connectivity index (χ3n) is 9.08. The van der Waals surface area contributed by atoms with Crippen LogP contribution in [-0.4, -0.2) is 36.0 Å². The zero-order valence-corrected chi connectivity index (χ0v) is 20.6. The number of carbonyl (C=O) groups excluding carboxylic acids is 1. The lowest BCUT2D eigenvalue weighted by molar-refractivity contribution is -0.123. The molecule has 1 saturated carbocycles. The number of hydrogen-bond acceptors (Lipinski definition) is 6. The molecule has 4 unspecified atom stereocenters. The molecule has 2 heterocycles. The van der Waals surface area contributed by atoms with Gasteiger partial charge in [0.25, 0.3) is 0 Å². The standard InChI is InChI=1S/C26H39N5O/c1-17(9-12-31-16-30(6)24-22(31)23(27)28-15-29-24)7-10-25(4)18(2)8-11-26(5)19(3)13-20(32)14-21(25)26/h9,13,15,18,21H,7-8,10-12,14,16H2,1-6H3,(H2,27,28,29). The Labute approximate surface area is 193 Å². The molecule has 32 heavy (non-hydrogen) atoms. The topological polar surface area (TPSA) is 75.3 Å². The molecule has 174 valence electrons. The van der Waals surface area contributed by atoms with Crippen LogP contribution in [0.25, 0.3) is 0 Å². The average Bonchev–Trinajstić information content (AvgIpc) is 3.07. The zero-order chi connectivity index (χ0) is 23.3. The lowest BCUT2D eigenvalue weighted by Crippen LogP contribution is -2.50. The highest BCUT2D eigenvalue weighted by molar-refractivity contribution is 5.92. The summed E-state index contributed by atoms with van der Waals surface area (Å²) in [5.74, 6) is 2.81. The van der Waals surface area contributed by atoms with Crippen LogP contribution in [0.3, 0.4) is 0 Å². The smallest absolute Gasteiger partial charge is 0.159 e. The summed E-state index contributed by atoms with van der Waals surface area (Å²) in [6, 6.07) is 0. The first-order chi connectivity index (χ1) is 15.1. The van der Waals surface area contributed by atoms with Crippen LogP contribution in [0.4, 0.5) is 17.3 Å². The van der Waals surface area contributed by atoms with Crippen molar-refractivity contribution in [3.8, 4) is 0 Å². The molecule has 3 aliphatic rings. The molecule has 1 aromatic rings. The first-order valence-corrected chi connectivity index (χ1v) is 12.0. The van der Waals surface area contributed by atoms with Gasteiger partial charge in [-0.05, 0) is 68.3 Å². The van der Waals surface area contributed by atoms with Crippen molar-refractivity contribution in [3.63, 3.8) is 0 Å². The lowest BCUT2D eigenvalue weighted by Gasteiger charge is -2.57. The quantitative estimate of drug-likeness (QED) is 0.655. The van der Waals surface area contributed by atoms with E-state index in [1.165, 1.54) is 30.3 Å². The van der Waals surface area contributed by atoms with Crippen LogP contribution in [0.2, 0.25) is 0 Å². The van der Waals surface area contributed by atoms with Gasteiger partial charge in [-0.25, -0.2) is 9.97 Å². The summed E-state index contributed by atoms with van der Waals surface area (Å²) in [7, 11) is 2.03. The molecule has 2 N–H and O–H groups in total. The minimum atomic E-state index is 0.161. The third kappa shape index (κ3) is 3.71. The molecule has 0 amide bonds. The molecular weight excluding hydrogens is 398 g/mol. The van der Waals surface area contributed by atoms with Gasteiger partial charge in [0.2, 0.25) is 0 Å². The lowest BCUT2D eigenvalue weighted by atomic mass is 9.47. The van der Waals surface area contributed by atoms with Gasteiger partial charge in [0.05, 0.1) is 6.67 Å². The SMILES string of the molecule is CC(=CCN1CN(C)c2ncnc(N)c21)CCC1(C)C(C)CCC2(C)C(C)=CC(=O)CC21. The highest BCUT2D eigenvalue weighted by Crippen LogP contribution is 2.61. The van der Waals surface area contributed by atoms with E-state index in [1.807, 2.05) is 13.1 Å². The molecule has 6 heteroatoms. The predicted molar refractivity (Wildman–Crippen MR) is 132 cm³/mol. The van der Waals surface area contributed by atoms with Crippen molar-refractivity contribution < 1.29 is 4.79 Å². The Bertz CT molecular complexity index is 969. The van der Waals surface area contributed by atoms with Crippen LogP contribution in [0.1, 0.15) is 66.7 Å². The number of allylic oxidation sites excluding steroid dienone is 3. The molecule has 6 nitrogen and oxygen atoms in total. The Balaban J connectivity index is 1.47. The summed E-state index contributed by atoms with van der Waals surface area (Å²) in [5, 5.41) is 0. The maximum Gasteiger partial charge on any atom is 0.159 e. The number of fused-ring (bicyclic) bond motifs is 2. The van der Waals surface area contributed by atoms with Crippen LogP contribution in [0.5, 0.6) is 0 Å². The van der Waals surface area contributed by atoms with E-state index in [1.54, 1.807) is 0 Å². The van der Waals surface area contributed by atoms with E-state index in [-0.39, 0.29) is 10.8 Å². The van der Waals surface area contributed by atoms with E-state index in [9.17, 15) is 4.79 Å². The molecule has 0 bridgehead atoms. The average molecular weight is 438 g/mol. The van der Waals surface area contributed by atoms with E-state index in [2.05, 4.69) is 60.5 Å². The second-order valence-electron chi connectivity index (χ2n) is 11.0. The summed E-state index contributed by atoms with van der Waals surface area (Å²) in [4.78, 5) is 25.4. The second-order valence-corrected chi connectivity index (χ2v) is 11.0. The van der Waals surface area contributed by atoms with E-state index in [0.29, 0.717) is 29.9 Å². The van der Waals surface area contributed by atoms with E-state index < -0.39 is 0 Å². The fraction of sp³-hybridized carbons (Fsp3) is 0.654. The summed E-state index contributed by atoms with van der Waals surface area (Å²) in [6.07, 6.45) is 11.1. The second kappa shape index (κ2) is 8.20. The first-order valence-electron chi connectivity index (χ1n) is 12.0. The van der Waals surface area contributed by atoms with Crippen molar-refractivity contribution in [1.29, 1.82) is 0 Å². The van der Waals surface area contributed by atoms with Gasteiger partial charge < -0.3 is 15.5 Å². The van der Waals surface area contributed by atoms with Crippen LogP contribution in [0, 0.1) is 22.7 Å². The Hall–Kier alpha value is -2.37. The monoisotopic (exact) mass is 437 g/mol. The van der Waals surface area contributed by atoms with Crippen molar-refractivity contribution >= 4 is 23.1 Å². The molecule has 1 aliphatic heterocycles. The molecule has 0 radical (unpaired) electrons. The first kappa shape index (κ1) is 22.8. The zero-order valence-electron chi connectivity index (χ0n) is 20.6. The molecule has 4 rings (SSSR count). The number of nitrogens with two attached hydrogens (primary N) is 1. The Kier molecular flexibility index (Phi) is 5.84.